The molecule has 0 aromatic carbocycles. The summed E-state index contributed by atoms with van der Waals surface area (Å²) in [5.41, 5.74) is -0.371. The quantitative estimate of drug-likeness (QED) is 0.302. The van der Waals surface area contributed by atoms with E-state index < -0.39 is 5.97 Å². The van der Waals surface area contributed by atoms with E-state index in [-0.39, 0.29) is 18.8 Å². The number of allylic oxidation sites excluding steroid dienone is 2. The van der Waals surface area contributed by atoms with Crippen LogP contribution in [0.15, 0.2) is 23.9 Å². The van der Waals surface area contributed by atoms with Gasteiger partial charge >= 0.3 is 5.97 Å². The zero-order chi connectivity index (χ0) is 12.4. The van der Waals surface area contributed by atoms with Crippen molar-refractivity contribution in [3.8, 4) is 6.07 Å². The van der Waals surface area contributed by atoms with Gasteiger partial charge in [-0.1, -0.05) is 0 Å². The van der Waals surface area contributed by atoms with Crippen molar-refractivity contribution in [3.05, 3.63) is 23.9 Å². The zero-order valence-corrected chi connectivity index (χ0v) is 8.70. The van der Waals surface area contributed by atoms with Crippen molar-refractivity contribution in [1.82, 2.24) is 4.90 Å². The highest BCUT2D eigenvalue weighted by atomic mass is 16.4. The van der Waals surface area contributed by atoms with Gasteiger partial charge in [0.05, 0.1) is 13.2 Å². The number of nitrogens with zero attached hydrogens (tertiary/aromatic N) is 2. The fourth-order valence-electron chi connectivity index (χ4n) is 0.935. The Morgan fingerprint density at radius 3 is 2.25 bits per heavy atom. The van der Waals surface area contributed by atoms with Gasteiger partial charge in [-0.3, -0.25) is 0 Å². The molecule has 0 aliphatic rings. The molecule has 0 aliphatic heterocycles. The number of carbonyl (C=O) groups is 1. The molecule has 0 bridgehead atoms. The highest BCUT2D eigenvalue weighted by molar-refractivity contribution is 5.91. The number of aliphatic carboxylic acids is 1. The van der Waals surface area contributed by atoms with Crippen LogP contribution in [0.4, 0.5) is 0 Å². The van der Waals surface area contributed by atoms with Crippen molar-refractivity contribution in [2.45, 2.75) is 0 Å². The molecule has 0 rings (SSSR count). The lowest BCUT2D eigenvalue weighted by Crippen LogP contribution is -2.24. The molecule has 0 spiro atoms. The topological polar surface area (TPSA) is 105 Å². The largest absolute Gasteiger partial charge is 0.477 e. The summed E-state index contributed by atoms with van der Waals surface area (Å²) < 4.78 is 0. The van der Waals surface area contributed by atoms with Gasteiger partial charge in [0.2, 0.25) is 0 Å². The Balaban J connectivity index is 4.43. The number of carboxylic acids is 1. The highest BCUT2D eigenvalue weighted by Gasteiger charge is 2.03. The summed E-state index contributed by atoms with van der Waals surface area (Å²) in [6.07, 6.45) is 4.05. The van der Waals surface area contributed by atoms with Crippen molar-refractivity contribution in [2.24, 2.45) is 0 Å². The lowest BCUT2D eigenvalue weighted by molar-refractivity contribution is -0.132. The molecule has 6 heteroatoms. The summed E-state index contributed by atoms with van der Waals surface area (Å²) in [6.45, 7) is 0.524. The molecule has 0 fully saturated rings. The monoisotopic (exact) mass is 226 g/mol. The predicted molar refractivity (Wildman–Crippen MR) is 56.2 cm³/mol. The van der Waals surface area contributed by atoms with Gasteiger partial charge in [-0.15, -0.1) is 0 Å². The number of rotatable bonds is 7. The molecule has 3 N–H and O–H groups in total. The summed E-state index contributed by atoms with van der Waals surface area (Å²) in [5, 5.41) is 34.3. The molecule has 0 saturated carbocycles. The first-order chi connectivity index (χ1) is 7.65. The first-order valence-corrected chi connectivity index (χ1v) is 4.63. The van der Waals surface area contributed by atoms with Gasteiger partial charge in [0.1, 0.15) is 11.6 Å². The maximum atomic E-state index is 10.4. The van der Waals surface area contributed by atoms with Crippen LogP contribution in [-0.4, -0.2) is 52.5 Å². The third-order valence-electron chi connectivity index (χ3n) is 1.69. The van der Waals surface area contributed by atoms with E-state index in [2.05, 4.69) is 0 Å². The van der Waals surface area contributed by atoms with Gasteiger partial charge in [0, 0.05) is 13.1 Å². The summed E-state index contributed by atoms with van der Waals surface area (Å²) in [4.78, 5) is 12.0. The van der Waals surface area contributed by atoms with Crippen molar-refractivity contribution >= 4 is 5.97 Å². The van der Waals surface area contributed by atoms with E-state index in [1.54, 1.807) is 4.90 Å². The Kier molecular flexibility index (Phi) is 7.49. The summed E-state index contributed by atoms with van der Waals surface area (Å²) in [6, 6.07) is 1.53. The maximum absolute atomic E-state index is 10.4. The lowest BCUT2D eigenvalue weighted by Gasteiger charge is -2.16. The van der Waals surface area contributed by atoms with Crippen LogP contribution in [0.3, 0.4) is 0 Å². The number of nitriles is 1. The molecule has 0 aliphatic carbocycles. The molecular weight excluding hydrogens is 212 g/mol. The Morgan fingerprint density at radius 1 is 1.31 bits per heavy atom. The van der Waals surface area contributed by atoms with E-state index in [1.165, 1.54) is 18.3 Å². The van der Waals surface area contributed by atoms with Crippen LogP contribution in [0.5, 0.6) is 0 Å². The van der Waals surface area contributed by atoms with Crippen LogP contribution in [-0.2, 0) is 4.79 Å². The Bertz CT molecular complexity index is 311. The van der Waals surface area contributed by atoms with Crippen LogP contribution in [0.25, 0.3) is 0 Å². The molecule has 0 saturated heterocycles. The van der Waals surface area contributed by atoms with Gasteiger partial charge in [0.25, 0.3) is 0 Å². The average molecular weight is 226 g/mol. The summed E-state index contributed by atoms with van der Waals surface area (Å²) in [5.74, 6) is -1.29. The predicted octanol–water partition coefficient (Wildman–Crippen LogP) is -0.679. The molecule has 6 nitrogen and oxygen atoms in total. The zero-order valence-electron chi connectivity index (χ0n) is 8.70. The van der Waals surface area contributed by atoms with E-state index in [9.17, 15) is 4.79 Å². The molecule has 88 valence electrons. The Hall–Kier alpha value is -1.84. The normalized spacial score (nSPS) is 11.4. The second kappa shape index (κ2) is 8.47. The molecule has 0 atom stereocenters. The second-order valence-electron chi connectivity index (χ2n) is 2.82. The third kappa shape index (κ3) is 5.80. The molecule has 0 radical (unpaired) electrons. The Morgan fingerprint density at radius 2 is 1.88 bits per heavy atom. The van der Waals surface area contributed by atoms with Crippen molar-refractivity contribution in [1.29, 1.82) is 5.26 Å². The van der Waals surface area contributed by atoms with E-state index in [0.717, 1.165) is 6.08 Å². The average Bonchev–Trinajstić information content (AvgIpc) is 2.24. The molecule has 0 aromatic rings. The molecular formula is C10H14N2O4. The lowest BCUT2D eigenvalue weighted by atomic mass is 10.3. The van der Waals surface area contributed by atoms with Gasteiger partial charge in [0.15, 0.2) is 0 Å². The van der Waals surface area contributed by atoms with E-state index in [0.29, 0.717) is 13.1 Å². The molecule has 0 amide bonds. The molecule has 0 unspecified atom stereocenters. The van der Waals surface area contributed by atoms with Crippen LogP contribution in [0.2, 0.25) is 0 Å². The minimum absolute atomic E-state index is 0.0713. The fraction of sp³-hybridized carbons (Fsp3) is 0.400. The number of aliphatic hydroxyl groups is 2. The minimum Gasteiger partial charge on any atom is -0.477 e. The summed E-state index contributed by atoms with van der Waals surface area (Å²) in [7, 11) is 0. The molecule has 16 heavy (non-hydrogen) atoms. The number of hydrogen-bond acceptors (Lipinski definition) is 5. The molecule has 0 heterocycles. The van der Waals surface area contributed by atoms with Crippen molar-refractivity contribution < 1.29 is 20.1 Å². The van der Waals surface area contributed by atoms with Gasteiger partial charge < -0.3 is 20.2 Å². The number of hydrogen-bond donors (Lipinski definition) is 3. The Labute approximate surface area is 93.3 Å². The van der Waals surface area contributed by atoms with Gasteiger partial charge in [-0.05, 0) is 18.4 Å². The smallest absolute Gasteiger partial charge is 0.346 e. The third-order valence-corrected chi connectivity index (χ3v) is 1.69. The van der Waals surface area contributed by atoms with Gasteiger partial charge in [-0.2, -0.15) is 5.26 Å². The van der Waals surface area contributed by atoms with Gasteiger partial charge in [-0.25, -0.2) is 4.79 Å². The number of carboxylic acid groups (broad SMARTS) is 1. The van der Waals surface area contributed by atoms with E-state index in [4.69, 9.17) is 20.6 Å². The van der Waals surface area contributed by atoms with Crippen LogP contribution in [0, 0.1) is 11.3 Å². The van der Waals surface area contributed by atoms with Crippen molar-refractivity contribution in [2.75, 3.05) is 26.3 Å². The SMILES string of the molecule is N#CC(=CC=CN(CCO)CCO)C(=O)O. The second-order valence-corrected chi connectivity index (χ2v) is 2.82. The minimum atomic E-state index is -1.29. The maximum Gasteiger partial charge on any atom is 0.346 e. The van der Waals surface area contributed by atoms with Crippen molar-refractivity contribution in [3.63, 3.8) is 0 Å². The van der Waals surface area contributed by atoms with Crippen LogP contribution < -0.4 is 0 Å². The standard InChI is InChI=1S/C10H14N2O4/c11-8-9(10(15)16)2-1-3-12(4-6-13)5-7-14/h1-3,13-14H,4-7H2,(H,15,16). The summed E-state index contributed by atoms with van der Waals surface area (Å²) >= 11 is 0. The fourth-order valence-corrected chi connectivity index (χ4v) is 0.935. The van der Waals surface area contributed by atoms with E-state index >= 15 is 0 Å². The first kappa shape index (κ1) is 14.2. The van der Waals surface area contributed by atoms with E-state index in [1.807, 2.05) is 0 Å². The first-order valence-electron chi connectivity index (χ1n) is 4.63. The highest BCUT2D eigenvalue weighted by Crippen LogP contribution is 1.95. The van der Waals surface area contributed by atoms with Crippen LogP contribution >= 0.6 is 0 Å². The van der Waals surface area contributed by atoms with Crippen LogP contribution in [0.1, 0.15) is 0 Å². The number of aliphatic hydroxyl groups excluding tert-OH is 2. The molecule has 0 aromatic heterocycles.